The molecule has 0 radical (unpaired) electrons. The molecule has 2 heteroatoms. The summed E-state index contributed by atoms with van der Waals surface area (Å²) >= 11 is 0. The lowest BCUT2D eigenvalue weighted by atomic mass is 9.69. The van der Waals surface area contributed by atoms with E-state index in [1.165, 1.54) is 5.56 Å². The number of hydrogen-bond acceptors (Lipinski definition) is 2. The molecule has 1 aliphatic carbocycles. The van der Waals surface area contributed by atoms with Crippen LogP contribution in [0, 0.1) is 5.41 Å². The average molecular weight is 306 g/mol. The highest BCUT2D eigenvalue weighted by Gasteiger charge is 2.48. The van der Waals surface area contributed by atoms with Crippen LogP contribution in [-0.4, -0.2) is 12.9 Å². The summed E-state index contributed by atoms with van der Waals surface area (Å²) in [4.78, 5) is 12.7. The maximum Gasteiger partial charge on any atom is 0.143 e. The Kier molecular flexibility index (Phi) is 4.08. The Bertz CT molecular complexity index is 715. The fourth-order valence-electron chi connectivity index (χ4n) is 3.67. The van der Waals surface area contributed by atoms with E-state index in [9.17, 15) is 4.79 Å². The Labute approximate surface area is 137 Å². The highest BCUT2D eigenvalue weighted by atomic mass is 16.5. The first-order chi connectivity index (χ1) is 11.1. The zero-order valence-electron chi connectivity index (χ0n) is 13.7. The smallest absolute Gasteiger partial charge is 0.143 e. The number of Topliss-reactive ketones (excluding diaryl/α,β-unsaturated/α-hetero) is 1. The second-order valence-electron chi connectivity index (χ2n) is 6.33. The van der Waals surface area contributed by atoms with E-state index in [-0.39, 0.29) is 11.7 Å². The van der Waals surface area contributed by atoms with Gasteiger partial charge in [0.2, 0.25) is 0 Å². The van der Waals surface area contributed by atoms with Crippen molar-refractivity contribution in [2.45, 2.75) is 25.7 Å². The number of rotatable bonds is 4. The quantitative estimate of drug-likeness (QED) is 0.806. The highest BCUT2D eigenvalue weighted by molar-refractivity contribution is 6.00. The van der Waals surface area contributed by atoms with E-state index in [4.69, 9.17) is 4.74 Å². The van der Waals surface area contributed by atoms with Crippen molar-refractivity contribution >= 4 is 11.4 Å². The first-order valence-electron chi connectivity index (χ1n) is 7.99. The number of benzene rings is 2. The van der Waals surface area contributed by atoms with E-state index in [1.54, 1.807) is 7.11 Å². The predicted molar refractivity (Wildman–Crippen MR) is 93.6 cm³/mol. The van der Waals surface area contributed by atoms with E-state index in [2.05, 4.69) is 18.7 Å². The van der Waals surface area contributed by atoms with Gasteiger partial charge in [0.05, 0.1) is 12.5 Å². The third-order valence-corrected chi connectivity index (χ3v) is 5.20. The van der Waals surface area contributed by atoms with Crippen molar-refractivity contribution in [2.24, 2.45) is 5.41 Å². The maximum absolute atomic E-state index is 12.7. The minimum Gasteiger partial charge on any atom is -0.497 e. The molecule has 0 bridgehead atoms. The van der Waals surface area contributed by atoms with Crippen LogP contribution in [0.5, 0.6) is 5.75 Å². The van der Waals surface area contributed by atoms with Crippen molar-refractivity contribution in [3.63, 3.8) is 0 Å². The fourth-order valence-corrected chi connectivity index (χ4v) is 3.67. The minimum atomic E-state index is -0.546. The first kappa shape index (κ1) is 15.5. The molecule has 0 heterocycles. The van der Waals surface area contributed by atoms with Gasteiger partial charge in [-0.2, -0.15) is 0 Å². The summed E-state index contributed by atoms with van der Waals surface area (Å²) in [6.07, 6.45) is 1.50. The van der Waals surface area contributed by atoms with Gasteiger partial charge in [-0.3, -0.25) is 4.79 Å². The number of allylic oxidation sites excluding steroid dienone is 1. The third kappa shape index (κ3) is 2.59. The molecule has 0 amide bonds. The van der Waals surface area contributed by atoms with Crippen molar-refractivity contribution in [2.75, 3.05) is 7.11 Å². The van der Waals surface area contributed by atoms with Gasteiger partial charge in [-0.15, -0.1) is 0 Å². The molecule has 1 aliphatic rings. The number of methoxy groups -OCH3 is 1. The lowest BCUT2D eigenvalue weighted by Crippen LogP contribution is -2.29. The largest absolute Gasteiger partial charge is 0.497 e. The van der Waals surface area contributed by atoms with Gasteiger partial charge in [0.1, 0.15) is 11.5 Å². The summed E-state index contributed by atoms with van der Waals surface area (Å²) < 4.78 is 5.21. The van der Waals surface area contributed by atoms with E-state index in [1.807, 2.05) is 49.4 Å². The van der Waals surface area contributed by atoms with Crippen molar-refractivity contribution in [1.29, 1.82) is 0 Å². The maximum atomic E-state index is 12.7. The van der Waals surface area contributed by atoms with Gasteiger partial charge in [-0.1, -0.05) is 49.0 Å². The normalized spacial score (nSPS) is 23.7. The SMILES string of the molecule is C=C(c1ccc(OC)cc1)[C@@]1(C)C(=O)CC[C@@H]1c1ccccc1. The number of carbonyl (C=O) groups excluding carboxylic acids is 1. The van der Waals surface area contributed by atoms with Crippen LogP contribution in [0.4, 0.5) is 0 Å². The molecular formula is C21H22O2. The van der Waals surface area contributed by atoms with E-state index < -0.39 is 5.41 Å². The summed E-state index contributed by atoms with van der Waals surface area (Å²) in [5, 5.41) is 0. The lowest BCUT2D eigenvalue weighted by molar-refractivity contribution is -0.122. The van der Waals surface area contributed by atoms with Gasteiger partial charge in [0.15, 0.2) is 0 Å². The van der Waals surface area contributed by atoms with E-state index >= 15 is 0 Å². The van der Waals surface area contributed by atoms with Crippen molar-refractivity contribution < 1.29 is 9.53 Å². The first-order valence-corrected chi connectivity index (χ1v) is 7.99. The molecule has 0 aromatic heterocycles. The van der Waals surface area contributed by atoms with Crippen molar-refractivity contribution in [1.82, 2.24) is 0 Å². The molecule has 0 saturated heterocycles. The Morgan fingerprint density at radius 1 is 1.13 bits per heavy atom. The fraction of sp³-hybridized carbons (Fsp3) is 0.286. The summed E-state index contributed by atoms with van der Waals surface area (Å²) in [6, 6.07) is 18.1. The molecule has 2 aromatic carbocycles. The third-order valence-electron chi connectivity index (χ3n) is 5.20. The van der Waals surface area contributed by atoms with Gasteiger partial charge < -0.3 is 4.74 Å². The molecule has 23 heavy (non-hydrogen) atoms. The summed E-state index contributed by atoms with van der Waals surface area (Å²) in [6.45, 7) is 6.35. The van der Waals surface area contributed by atoms with Crippen LogP contribution in [0.25, 0.3) is 5.57 Å². The zero-order valence-corrected chi connectivity index (χ0v) is 13.7. The summed E-state index contributed by atoms with van der Waals surface area (Å²) in [5.74, 6) is 1.28. The molecule has 2 nitrogen and oxygen atoms in total. The lowest BCUT2D eigenvalue weighted by Gasteiger charge is -2.33. The molecule has 2 aromatic rings. The average Bonchev–Trinajstić information content (AvgIpc) is 2.91. The van der Waals surface area contributed by atoms with Gasteiger partial charge in [-0.05, 0) is 42.2 Å². The topological polar surface area (TPSA) is 26.3 Å². The number of ketones is 1. The Morgan fingerprint density at radius 3 is 2.39 bits per heavy atom. The molecule has 0 aliphatic heterocycles. The van der Waals surface area contributed by atoms with E-state index in [0.29, 0.717) is 6.42 Å². The molecule has 118 valence electrons. The second kappa shape index (κ2) is 6.04. The van der Waals surface area contributed by atoms with Crippen LogP contribution < -0.4 is 4.74 Å². The predicted octanol–water partition coefficient (Wildman–Crippen LogP) is 4.86. The van der Waals surface area contributed by atoms with E-state index in [0.717, 1.165) is 23.3 Å². The van der Waals surface area contributed by atoms with Gasteiger partial charge in [0.25, 0.3) is 0 Å². The van der Waals surface area contributed by atoms with Crippen molar-refractivity contribution in [3.05, 3.63) is 72.3 Å². The van der Waals surface area contributed by atoms with Gasteiger partial charge in [-0.25, -0.2) is 0 Å². The summed E-state index contributed by atoms with van der Waals surface area (Å²) in [7, 11) is 1.65. The minimum absolute atomic E-state index is 0.186. The second-order valence-corrected chi connectivity index (χ2v) is 6.33. The number of hydrogen-bond donors (Lipinski definition) is 0. The highest BCUT2D eigenvalue weighted by Crippen LogP contribution is 2.53. The van der Waals surface area contributed by atoms with Crippen LogP contribution in [0.2, 0.25) is 0 Å². The molecule has 0 spiro atoms. The number of ether oxygens (including phenoxy) is 1. The van der Waals surface area contributed by atoms with Crippen LogP contribution in [-0.2, 0) is 4.79 Å². The molecular weight excluding hydrogens is 284 g/mol. The zero-order chi connectivity index (χ0) is 16.4. The standard InChI is InChI=1S/C21H22O2/c1-15(16-9-11-18(23-3)12-10-16)21(2)19(13-14-20(21)22)17-7-5-4-6-8-17/h4-12,19H,1,13-14H2,2-3H3/t19-,21-/m1/s1. The van der Waals surface area contributed by atoms with Crippen LogP contribution in [0.15, 0.2) is 61.2 Å². The molecule has 1 fully saturated rings. The van der Waals surface area contributed by atoms with Gasteiger partial charge >= 0.3 is 0 Å². The monoisotopic (exact) mass is 306 g/mol. The van der Waals surface area contributed by atoms with Crippen LogP contribution in [0.3, 0.4) is 0 Å². The Morgan fingerprint density at radius 2 is 1.78 bits per heavy atom. The molecule has 3 rings (SSSR count). The van der Waals surface area contributed by atoms with Gasteiger partial charge in [0, 0.05) is 12.3 Å². The Hall–Kier alpha value is -2.35. The summed E-state index contributed by atoms with van der Waals surface area (Å²) in [5.41, 5.74) is 2.58. The van der Waals surface area contributed by atoms with Crippen molar-refractivity contribution in [3.8, 4) is 5.75 Å². The Balaban J connectivity index is 1.99. The van der Waals surface area contributed by atoms with Crippen LogP contribution >= 0.6 is 0 Å². The molecule has 0 N–H and O–H groups in total. The molecule has 0 unspecified atom stereocenters. The van der Waals surface area contributed by atoms with Crippen LogP contribution in [0.1, 0.15) is 36.8 Å². The molecule has 2 atom stereocenters. The molecule has 1 saturated carbocycles. The number of carbonyl (C=O) groups is 1.